The highest BCUT2D eigenvalue weighted by atomic mass is 32.1. The van der Waals surface area contributed by atoms with Gasteiger partial charge in [-0.15, -0.1) is 0 Å². The second-order valence-corrected chi connectivity index (χ2v) is 6.75. The van der Waals surface area contributed by atoms with Crippen LogP contribution < -0.4 is 0 Å². The van der Waals surface area contributed by atoms with Gasteiger partial charge in [-0.05, 0) is 49.8 Å². The summed E-state index contributed by atoms with van der Waals surface area (Å²) in [4.78, 5) is 0. The van der Waals surface area contributed by atoms with Crippen molar-refractivity contribution < 1.29 is 4.39 Å². The highest BCUT2D eigenvalue weighted by Gasteiger charge is 2.13. The van der Waals surface area contributed by atoms with Crippen molar-refractivity contribution in [2.45, 2.75) is 20.4 Å². The number of halogens is 1. The molecule has 0 unspecified atom stereocenters. The predicted octanol–water partition coefficient (Wildman–Crippen LogP) is 4.58. The van der Waals surface area contributed by atoms with Crippen molar-refractivity contribution in [1.82, 2.24) is 19.4 Å². The van der Waals surface area contributed by atoms with Crippen molar-refractivity contribution in [1.29, 1.82) is 0 Å². The number of para-hydroxylation sites is 1. The van der Waals surface area contributed by atoms with Gasteiger partial charge in [0, 0.05) is 28.7 Å². The average Bonchev–Trinajstić information content (AvgIpc) is 3.13. The number of hydrogen-bond donors (Lipinski definition) is 1. The van der Waals surface area contributed by atoms with Crippen LogP contribution in [-0.2, 0) is 6.54 Å². The molecule has 0 aliphatic rings. The van der Waals surface area contributed by atoms with E-state index in [0.717, 1.165) is 27.7 Å². The molecule has 0 fully saturated rings. The van der Waals surface area contributed by atoms with E-state index >= 15 is 0 Å². The molecule has 4 rings (SSSR count). The van der Waals surface area contributed by atoms with Crippen LogP contribution in [0.1, 0.15) is 22.6 Å². The number of fused-ring (bicyclic) bond motifs is 1. The van der Waals surface area contributed by atoms with Crippen LogP contribution in [0.3, 0.4) is 0 Å². The Bertz CT molecular complexity index is 1200. The van der Waals surface area contributed by atoms with Crippen LogP contribution in [0, 0.1) is 24.4 Å². The van der Waals surface area contributed by atoms with Gasteiger partial charge in [0.25, 0.3) is 0 Å². The summed E-state index contributed by atoms with van der Waals surface area (Å²) in [5.41, 5.74) is 4.25. The molecule has 0 amide bonds. The zero-order chi connectivity index (χ0) is 19.0. The van der Waals surface area contributed by atoms with E-state index in [2.05, 4.69) is 38.9 Å². The van der Waals surface area contributed by atoms with E-state index in [1.165, 1.54) is 12.1 Å². The fraction of sp³-hybridized carbons (Fsp3) is 0.150. The Kier molecular flexibility index (Phi) is 4.45. The minimum absolute atomic E-state index is 0.229. The molecule has 0 bridgehead atoms. The van der Waals surface area contributed by atoms with E-state index in [9.17, 15) is 4.39 Å². The summed E-state index contributed by atoms with van der Waals surface area (Å²) in [6.45, 7) is 4.56. The Morgan fingerprint density at radius 1 is 1.15 bits per heavy atom. The number of aryl methyl sites for hydroxylation is 1. The van der Waals surface area contributed by atoms with Gasteiger partial charge in [0.05, 0.1) is 6.21 Å². The number of rotatable bonds is 4. The second kappa shape index (κ2) is 6.92. The number of nitrogens with one attached hydrogen (secondary N) is 1. The molecule has 2 aromatic carbocycles. The quantitative estimate of drug-likeness (QED) is 0.417. The maximum Gasteiger partial charge on any atom is 0.216 e. The normalized spacial score (nSPS) is 11.7. The smallest absolute Gasteiger partial charge is 0.216 e. The highest BCUT2D eigenvalue weighted by molar-refractivity contribution is 7.71. The lowest BCUT2D eigenvalue weighted by Crippen LogP contribution is -2.02. The molecule has 0 saturated carbocycles. The molecule has 136 valence electrons. The third kappa shape index (κ3) is 3.21. The molecule has 0 spiro atoms. The molecule has 0 aliphatic heterocycles. The Hall–Kier alpha value is -3.06. The summed E-state index contributed by atoms with van der Waals surface area (Å²) < 4.78 is 17.5. The number of nitrogens with zero attached hydrogens (tertiary/aromatic N) is 4. The molecule has 0 aliphatic carbocycles. The van der Waals surface area contributed by atoms with Crippen molar-refractivity contribution in [2.24, 2.45) is 5.10 Å². The molecule has 0 saturated heterocycles. The lowest BCUT2D eigenvalue weighted by Gasteiger charge is -2.08. The molecular weight excluding hydrogens is 361 g/mol. The van der Waals surface area contributed by atoms with Crippen molar-refractivity contribution >= 4 is 29.3 Å². The van der Waals surface area contributed by atoms with E-state index in [1.807, 2.05) is 37.4 Å². The Morgan fingerprint density at radius 2 is 1.89 bits per heavy atom. The molecule has 2 heterocycles. The van der Waals surface area contributed by atoms with Gasteiger partial charge in [-0.2, -0.15) is 14.9 Å². The van der Waals surface area contributed by atoms with Crippen LogP contribution >= 0.6 is 12.2 Å². The van der Waals surface area contributed by atoms with Gasteiger partial charge in [0.15, 0.2) is 0 Å². The first-order valence-corrected chi connectivity index (χ1v) is 8.96. The van der Waals surface area contributed by atoms with E-state index < -0.39 is 0 Å². The Balaban J connectivity index is 1.81. The molecule has 0 radical (unpaired) electrons. The van der Waals surface area contributed by atoms with Crippen LogP contribution in [0.15, 0.2) is 53.6 Å². The SMILES string of the molecule is Cc1n[nH]c(=S)n1/N=C\c1c(C)n(Cc2ccc(F)cc2)c2ccccc12. The third-order valence-corrected chi connectivity index (χ3v) is 4.91. The zero-order valence-corrected chi connectivity index (χ0v) is 15.8. The molecule has 2 aromatic heterocycles. The molecule has 7 heteroatoms. The van der Waals surface area contributed by atoms with Crippen molar-refractivity contribution in [3.63, 3.8) is 0 Å². The lowest BCUT2D eigenvalue weighted by molar-refractivity contribution is 0.626. The van der Waals surface area contributed by atoms with Gasteiger partial charge in [-0.1, -0.05) is 30.3 Å². The molecule has 4 aromatic rings. The van der Waals surface area contributed by atoms with Crippen LogP contribution in [-0.4, -0.2) is 25.7 Å². The third-order valence-electron chi connectivity index (χ3n) is 4.65. The number of hydrogen-bond acceptors (Lipinski definition) is 3. The highest BCUT2D eigenvalue weighted by Crippen LogP contribution is 2.25. The van der Waals surface area contributed by atoms with Gasteiger partial charge in [-0.25, -0.2) is 4.39 Å². The van der Waals surface area contributed by atoms with E-state index in [-0.39, 0.29) is 5.82 Å². The number of benzene rings is 2. The standard InChI is InChI=1S/C20H18FN5S/c1-13-18(11-22-26-14(2)23-24-20(26)27)17-5-3-4-6-19(17)25(13)12-15-7-9-16(21)10-8-15/h3-11H,12H2,1-2H3,(H,24,27)/b22-11-. The first kappa shape index (κ1) is 17.4. The second-order valence-electron chi connectivity index (χ2n) is 6.36. The summed E-state index contributed by atoms with van der Waals surface area (Å²) >= 11 is 5.21. The first-order chi connectivity index (χ1) is 13.0. The van der Waals surface area contributed by atoms with Crippen LogP contribution in [0.5, 0.6) is 0 Å². The predicted molar refractivity (Wildman–Crippen MR) is 107 cm³/mol. The van der Waals surface area contributed by atoms with Crippen LogP contribution in [0.4, 0.5) is 4.39 Å². The maximum atomic E-state index is 13.2. The van der Waals surface area contributed by atoms with Crippen molar-refractivity contribution in [2.75, 3.05) is 0 Å². The molecule has 5 nitrogen and oxygen atoms in total. The van der Waals surface area contributed by atoms with Gasteiger partial charge in [-0.3, -0.25) is 5.10 Å². The largest absolute Gasteiger partial charge is 0.340 e. The minimum atomic E-state index is -0.229. The monoisotopic (exact) mass is 379 g/mol. The molecule has 0 atom stereocenters. The number of aromatic amines is 1. The molecule has 27 heavy (non-hydrogen) atoms. The summed E-state index contributed by atoms with van der Waals surface area (Å²) in [5.74, 6) is 0.469. The van der Waals surface area contributed by atoms with Crippen molar-refractivity contribution in [3.8, 4) is 0 Å². The topological polar surface area (TPSA) is 50.9 Å². The van der Waals surface area contributed by atoms with Crippen molar-refractivity contribution in [3.05, 3.63) is 81.8 Å². The Labute approximate surface area is 160 Å². The zero-order valence-electron chi connectivity index (χ0n) is 15.0. The van der Waals surface area contributed by atoms with Crippen LogP contribution in [0.25, 0.3) is 10.9 Å². The van der Waals surface area contributed by atoms with E-state index in [0.29, 0.717) is 17.1 Å². The van der Waals surface area contributed by atoms with E-state index in [4.69, 9.17) is 12.2 Å². The lowest BCUT2D eigenvalue weighted by atomic mass is 10.1. The minimum Gasteiger partial charge on any atom is -0.340 e. The summed E-state index contributed by atoms with van der Waals surface area (Å²) in [6.07, 6.45) is 1.82. The van der Waals surface area contributed by atoms with Gasteiger partial charge >= 0.3 is 0 Å². The van der Waals surface area contributed by atoms with Gasteiger partial charge in [0.1, 0.15) is 11.6 Å². The summed E-state index contributed by atoms with van der Waals surface area (Å²) in [5, 5.41) is 12.4. The first-order valence-electron chi connectivity index (χ1n) is 8.55. The molecular formula is C20H18FN5S. The van der Waals surface area contributed by atoms with Crippen LogP contribution in [0.2, 0.25) is 0 Å². The number of H-pyrrole nitrogens is 1. The van der Waals surface area contributed by atoms with Gasteiger partial charge in [0.2, 0.25) is 4.77 Å². The number of aromatic nitrogens is 4. The Morgan fingerprint density at radius 3 is 2.59 bits per heavy atom. The maximum absolute atomic E-state index is 13.2. The average molecular weight is 379 g/mol. The summed E-state index contributed by atoms with van der Waals surface area (Å²) in [6, 6.07) is 14.8. The van der Waals surface area contributed by atoms with Gasteiger partial charge < -0.3 is 4.57 Å². The van der Waals surface area contributed by atoms with E-state index in [1.54, 1.807) is 4.68 Å². The summed E-state index contributed by atoms with van der Waals surface area (Å²) in [7, 11) is 0. The fourth-order valence-corrected chi connectivity index (χ4v) is 3.44. The fourth-order valence-electron chi connectivity index (χ4n) is 3.22. The molecule has 1 N–H and O–H groups in total.